The van der Waals surface area contributed by atoms with Gasteiger partial charge in [-0.1, -0.05) is 13.8 Å². The molecule has 2 rings (SSSR count). The topological polar surface area (TPSA) is 67.1 Å². The summed E-state index contributed by atoms with van der Waals surface area (Å²) in [6.07, 6.45) is 4.07. The van der Waals surface area contributed by atoms with Crippen LogP contribution in [0.4, 0.5) is 0 Å². The summed E-state index contributed by atoms with van der Waals surface area (Å²) in [4.78, 5) is 16.6. The van der Waals surface area contributed by atoms with Crippen LogP contribution in [-0.2, 0) is 4.74 Å². The van der Waals surface area contributed by atoms with Gasteiger partial charge in [-0.05, 0) is 25.1 Å². The molecule has 0 saturated carbocycles. The second kappa shape index (κ2) is 7.24. The summed E-state index contributed by atoms with van der Waals surface area (Å²) in [5.74, 6) is 0.218. The van der Waals surface area contributed by atoms with Gasteiger partial charge in [0.1, 0.15) is 0 Å². The highest BCUT2D eigenvalue weighted by molar-refractivity contribution is 7.71. The molecule has 5 nitrogen and oxygen atoms in total. The van der Waals surface area contributed by atoms with Gasteiger partial charge in [0, 0.05) is 6.42 Å². The summed E-state index contributed by atoms with van der Waals surface area (Å²) < 4.78 is 11.0. The van der Waals surface area contributed by atoms with E-state index in [0.717, 1.165) is 19.3 Å². The Morgan fingerprint density at radius 3 is 2.82 bits per heavy atom. The summed E-state index contributed by atoms with van der Waals surface area (Å²) in [6, 6.07) is 0. The lowest BCUT2D eigenvalue weighted by molar-refractivity contribution is -0.106. The van der Waals surface area contributed by atoms with Crippen LogP contribution in [0.3, 0.4) is 0 Å². The minimum absolute atomic E-state index is 0.218. The highest BCUT2D eigenvalue weighted by Crippen LogP contribution is 2.15. The van der Waals surface area contributed by atoms with Crippen molar-refractivity contribution in [2.24, 2.45) is 0 Å². The van der Waals surface area contributed by atoms with Crippen LogP contribution in [-0.4, -0.2) is 22.9 Å². The molecule has 17 heavy (non-hydrogen) atoms. The summed E-state index contributed by atoms with van der Waals surface area (Å²) >= 11 is 4.77. The molecule has 1 atom stereocenters. The van der Waals surface area contributed by atoms with E-state index in [1.54, 1.807) is 0 Å². The third-order valence-electron chi connectivity index (χ3n) is 2.18. The molecule has 0 aliphatic carbocycles. The summed E-state index contributed by atoms with van der Waals surface area (Å²) in [5, 5.41) is 0. The second-order valence-corrected chi connectivity index (χ2v) is 3.76. The molecule has 0 spiro atoms. The van der Waals surface area contributed by atoms with E-state index in [1.165, 1.54) is 6.20 Å². The van der Waals surface area contributed by atoms with Crippen LogP contribution >= 0.6 is 12.2 Å². The van der Waals surface area contributed by atoms with Crippen molar-refractivity contribution in [1.29, 1.82) is 0 Å². The van der Waals surface area contributed by atoms with Gasteiger partial charge in [0.2, 0.25) is 5.75 Å². The molecular weight excluding hydrogens is 240 g/mol. The number of aromatic nitrogens is 2. The smallest absolute Gasteiger partial charge is 0.294 e. The highest BCUT2D eigenvalue weighted by atomic mass is 32.1. The molecule has 1 saturated heterocycles. The fourth-order valence-corrected chi connectivity index (χ4v) is 1.58. The van der Waals surface area contributed by atoms with Crippen molar-refractivity contribution in [3.63, 3.8) is 0 Å². The van der Waals surface area contributed by atoms with E-state index in [0.29, 0.717) is 6.61 Å². The molecule has 0 amide bonds. The zero-order valence-electron chi connectivity index (χ0n) is 10.1. The molecule has 6 heteroatoms. The van der Waals surface area contributed by atoms with Gasteiger partial charge < -0.3 is 14.5 Å². The second-order valence-electron chi connectivity index (χ2n) is 3.35. The fraction of sp³-hybridized carbons (Fsp3) is 0.636. The summed E-state index contributed by atoms with van der Waals surface area (Å²) in [6.45, 7) is 4.69. The Balaban J connectivity index is 0.000000686. The molecule has 0 radical (unpaired) electrons. The Morgan fingerprint density at radius 2 is 2.24 bits per heavy atom. The number of ether oxygens (including phenoxy) is 2. The average Bonchev–Trinajstić information content (AvgIpc) is 2.37. The number of hydrogen-bond donors (Lipinski definition) is 2. The lowest BCUT2D eigenvalue weighted by atomic mass is 10.2. The maximum absolute atomic E-state index is 11.4. The normalized spacial score (nSPS) is 19.1. The van der Waals surface area contributed by atoms with E-state index in [4.69, 9.17) is 21.7 Å². The van der Waals surface area contributed by atoms with Crippen molar-refractivity contribution in [1.82, 2.24) is 9.97 Å². The van der Waals surface area contributed by atoms with Crippen LogP contribution in [0, 0.1) is 4.77 Å². The van der Waals surface area contributed by atoms with Crippen molar-refractivity contribution < 1.29 is 9.47 Å². The minimum atomic E-state index is -0.326. The number of H-pyrrole nitrogens is 2. The maximum atomic E-state index is 11.4. The molecule has 2 N–H and O–H groups in total. The molecule has 96 valence electrons. The van der Waals surface area contributed by atoms with Gasteiger partial charge in [0.15, 0.2) is 11.1 Å². The van der Waals surface area contributed by atoms with Gasteiger partial charge in [-0.3, -0.25) is 9.78 Å². The van der Waals surface area contributed by atoms with Gasteiger partial charge in [-0.15, -0.1) is 0 Å². The molecule has 1 fully saturated rings. The van der Waals surface area contributed by atoms with Crippen LogP contribution < -0.4 is 10.3 Å². The molecule has 1 unspecified atom stereocenters. The van der Waals surface area contributed by atoms with Gasteiger partial charge in [0.25, 0.3) is 5.56 Å². The van der Waals surface area contributed by atoms with Gasteiger partial charge in [0.05, 0.1) is 12.8 Å². The zero-order valence-corrected chi connectivity index (χ0v) is 10.9. The van der Waals surface area contributed by atoms with Gasteiger partial charge >= 0.3 is 0 Å². The first kappa shape index (κ1) is 13.9. The molecule has 1 aliphatic heterocycles. The Kier molecular flexibility index (Phi) is 5.93. The van der Waals surface area contributed by atoms with E-state index in [1.807, 2.05) is 13.8 Å². The van der Waals surface area contributed by atoms with E-state index >= 15 is 0 Å². The molecule has 2 heterocycles. The molecule has 1 aromatic rings. The van der Waals surface area contributed by atoms with Crippen molar-refractivity contribution in [2.45, 2.75) is 39.4 Å². The predicted octanol–water partition coefficient (Wildman–Crippen LogP) is 2.36. The third kappa shape index (κ3) is 4.32. The maximum Gasteiger partial charge on any atom is 0.294 e. The van der Waals surface area contributed by atoms with E-state index < -0.39 is 0 Å². The first-order valence-electron chi connectivity index (χ1n) is 5.86. The largest absolute Gasteiger partial charge is 0.458 e. The SMILES string of the molecule is CC.O=c1[nH]c(=S)[nH]cc1OC1CCCCO1. The number of hydrogen-bond acceptors (Lipinski definition) is 4. The molecule has 0 bridgehead atoms. The molecule has 0 aromatic carbocycles. The van der Waals surface area contributed by atoms with Crippen LogP contribution in [0.15, 0.2) is 11.0 Å². The van der Waals surface area contributed by atoms with E-state index in [2.05, 4.69) is 9.97 Å². The van der Waals surface area contributed by atoms with E-state index in [9.17, 15) is 4.79 Å². The van der Waals surface area contributed by atoms with Crippen LogP contribution in [0.5, 0.6) is 5.75 Å². The number of rotatable bonds is 2. The Labute approximate surface area is 105 Å². The first-order chi connectivity index (χ1) is 8.25. The highest BCUT2D eigenvalue weighted by Gasteiger charge is 2.16. The van der Waals surface area contributed by atoms with Crippen molar-refractivity contribution in [2.75, 3.05) is 6.61 Å². The van der Waals surface area contributed by atoms with Crippen molar-refractivity contribution in [3.05, 3.63) is 21.3 Å². The standard InChI is InChI=1S/C9H12N2O3S.C2H6/c12-8-6(5-10-9(15)11-8)14-7-3-1-2-4-13-7;1-2/h5,7H,1-4H2,(H2,10,11,12,15);1-2H3. The summed E-state index contributed by atoms with van der Waals surface area (Å²) in [7, 11) is 0. The minimum Gasteiger partial charge on any atom is -0.458 e. The lowest BCUT2D eigenvalue weighted by Gasteiger charge is -2.22. The summed E-state index contributed by atoms with van der Waals surface area (Å²) in [5.41, 5.74) is -0.326. The van der Waals surface area contributed by atoms with E-state index in [-0.39, 0.29) is 22.4 Å². The van der Waals surface area contributed by atoms with Crippen molar-refractivity contribution in [3.8, 4) is 5.75 Å². The molecule has 1 aliphatic rings. The quantitative estimate of drug-likeness (QED) is 0.799. The Bertz CT molecular complexity index is 435. The Hall–Kier alpha value is -1.14. The van der Waals surface area contributed by atoms with Crippen molar-refractivity contribution >= 4 is 12.2 Å². The third-order valence-corrected chi connectivity index (χ3v) is 2.40. The fourth-order valence-electron chi connectivity index (χ4n) is 1.43. The predicted molar refractivity (Wildman–Crippen MR) is 67.8 cm³/mol. The van der Waals surface area contributed by atoms with Crippen LogP contribution in [0.1, 0.15) is 33.1 Å². The lowest BCUT2D eigenvalue weighted by Crippen LogP contribution is -2.27. The van der Waals surface area contributed by atoms with Gasteiger partial charge in [-0.2, -0.15) is 0 Å². The molecular formula is C11H18N2O3S. The Morgan fingerprint density at radius 1 is 1.47 bits per heavy atom. The van der Waals surface area contributed by atoms with Crippen LogP contribution in [0.25, 0.3) is 0 Å². The first-order valence-corrected chi connectivity index (χ1v) is 6.27. The van der Waals surface area contributed by atoms with Gasteiger partial charge in [-0.25, -0.2) is 0 Å². The molecule has 1 aromatic heterocycles. The average molecular weight is 258 g/mol. The number of aromatic amines is 2. The monoisotopic (exact) mass is 258 g/mol. The zero-order chi connectivity index (χ0) is 12.7. The van der Waals surface area contributed by atoms with Crippen LogP contribution in [0.2, 0.25) is 0 Å². The number of nitrogens with one attached hydrogen (secondary N) is 2.